The molecule has 0 aliphatic heterocycles. The van der Waals surface area contributed by atoms with Gasteiger partial charge in [-0.2, -0.15) is 11.8 Å². The van der Waals surface area contributed by atoms with E-state index in [1.54, 1.807) is 11.8 Å². The van der Waals surface area contributed by atoms with E-state index < -0.39 is 17.7 Å². The van der Waals surface area contributed by atoms with Crippen LogP contribution in [0.3, 0.4) is 0 Å². The lowest BCUT2D eigenvalue weighted by atomic mass is 10.1. The molecule has 0 aromatic heterocycles. The first-order valence-corrected chi connectivity index (χ1v) is 7.14. The van der Waals surface area contributed by atoms with E-state index in [1.807, 2.05) is 0 Å². The number of hydrogen-bond donors (Lipinski definition) is 2. The van der Waals surface area contributed by atoms with E-state index in [9.17, 15) is 14.0 Å². The first kappa shape index (κ1) is 16.5. The largest absolute Gasteiger partial charge is 0.478 e. The van der Waals surface area contributed by atoms with Crippen LogP contribution in [0, 0.1) is 5.82 Å². The molecule has 20 heavy (non-hydrogen) atoms. The highest BCUT2D eigenvalue weighted by atomic mass is 32.2. The molecular weight excluding hydrogens is 281 g/mol. The second-order valence-electron chi connectivity index (χ2n) is 5.22. The van der Waals surface area contributed by atoms with Crippen LogP contribution in [0.5, 0.6) is 0 Å². The molecule has 0 saturated carbocycles. The van der Waals surface area contributed by atoms with Crippen molar-refractivity contribution < 1.29 is 19.1 Å². The maximum Gasteiger partial charge on any atom is 0.335 e. The lowest BCUT2D eigenvalue weighted by molar-refractivity contribution is 0.0695. The molecular formula is C14H18FNO3S. The number of halogens is 1. The Bertz CT molecular complexity index is 512. The number of carbonyl (C=O) groups excluding carboxylic acids is 1. The number of rotatable bonds is 5. The summed E-state index contributed by atoms with van der Waals surface area (Å²) >= 11 is 1.70. The average Bonchev–Trinajstić information content (AvgIpc) is 2.33. The molecule has 0 bridgehead atoms. The molecule has 1 amide bonds. The topological polar surface area (TPSA) is 66.4 Å². The number of nitrogens with one attached hydrogen (secondary N) is 1. The second kappa shape index (κ2) is 6.74. The lowest BCUT2D eigenvalue weighted by Gasteiger charge is -2.17. The molecule has 1 aromatic rings. The predicted octanol–water partition coefficient (Wildman–Crippen LogP) is 2.79. The summed E-state index contributed by atoms with van der Waals surface area (Å²) in [7, 11) is 0. The van der Waals surface area contributed by atoms with Gasteiger partial charge in [-0.1, -0.05) is 20.8 Å². The molecule has 0 unspecified atom stereocenters. The number of carboxylic acids is 1. The normalized spacial score (nSPS) is 11.2. The summed E-state index contributed by atoms with van der Waals surface area (Å²) in [6, 6.07) is 3.25. The van der Waals surface area contributed by atoms with Crippen molar-refractivity contribution in [1.82, 2.24) is 5.32 Å². The van der Waals surface area contributed by atoms with Crippen molar-refractivity contribution in [2.75, 3.05) is 12.3 Å². The van der Waals surface area contributed by atoms with Crippen LogP contribution < -0.4 is 5.32 Å². The van der Waals surface area contributed by atoms with Crippen molar-refractivity contribution in [2.45, 2.75) is 25.5 Å². The molecule has 6 heteroatoms. The summed E-state index contributed by atoms with van der Waals surface area (Å²) in [6.07, 6.45) is 0. The van der Waals surface area contributed by atoms with Crippen molar-refractivity contribution >= 4 is 23.6 Å². The summed E-state index contributed by atoms with van der Waals surface area (Å²) in [5, 5.41) is 11.3. The Morgan fingerprint density at radius 2 is 2.00 bits per heavy atom. The highest BCUT2D eigenvalue weighted by molar-refractivity contribution is 8.00. The quantitative estimate of drug-likeness (QED) is 0.821. The zero-order valence-electron chi connectivity index (χ0n) is 11.7. The summed E-state index contributed by atoms with van der Waals surface area (Å²) in [5.74, 6) is -1.86. The number of carboxylic acid groups (broad SMARTS) is 1. The third-order valence-electron chi connectivity index (χ3n) is 2.38. The van der Waals surface area contributed by atoms with Gasteiger partial charge in [0.2, 0.25) is 0 Å². The van der Waals surface area contributed by atoms with Crippen molar-refractivity contribution in [2.24, 2.45) is 0 Å². The molecule has 0 aliphatic rings. The van der Waals surface area contributed by atoms with Crippen molar-refractivity contribution in [3.8, 4) is 0 Å². The maximum absolute atomic E-state index is 13.6. The summed E-state index contributed by atoms with van der Waals surface area (Å²) < 4.78 is 13.7. The smallest absolute Gasteiger partial charge is 0.335 e. The molecule has 0 fully saturated rings. The van der Waals surface area contributed by atoms with E-state index in [1.165, 1.54) is 12.1 Å². The van der Waals surface area contributed by atoms with E-state index in [0.717, 1.165) is 11.8 Å². The zero-order chi connectivity index (χ0) is 15.3. The molecule has 0 radical (unpaired) electrons. The third-order valence-corrected chi connectivity index (χ3v) is 3.66. The lowest BCUT2D eigenvalue weighted by Crippen LogP contribution is -2.27. The second-order valence-corrected chi connectivity index (χ2v) is 7.14. The van der Waals surface area contributed by atoms with E-state index in [0.29, 0.717) is 6.54 Å². The molecule has 0 saturated heterocycles. The van der Waals surface area contributed by atoms with E-state index in [2.05, 4.69) is 26.1 Å². The number of aromatic carboxylic acids is 1. The van der Waals surface area contributed by atoms with Crippen LogP contribution in [0.25, 0.3) is 0 Å². The number of thioether (sulfide) groups is 1. The minimum Gasteiger partial charge on any atom is -0.478 e. The van der Waals surface area contributed by atoms with Crippen molar-refractivity contribution in [1.29, 1.82) is 0 Å². The van der Waals surface area contributed by atoms with Crippen LogP contribution in [0.2, 0.25) is 0 Å². The SMILES string of the molecule is CC(C)(C)SCCNC(=O)c1ccc(C(=O)O)cc1F. The maximum atomic E-state index is 13.6. The van der Waals surface area contributed by atoms with Crippen LogP contribution in [0.4, 0.5) is 4.39 Å². The molecule has 110 valence electrons. The van der Waals surface area contributed by atoms with Crippen LogP contribution in [-0.2, 0) is 0 Å². The Morgan fingerprint density at radius 1 is 1.35 bits per heavy atom. The van der Waals surface area contributed by atoms with E-state index in [4.69, 9.17) is 5.11 Å². The first-order valence-electron chi connectivity index (χ1n) is 6.16. The first-order chi connectivity index (χ1) is 9.20. The number of carbonyl (C=O) groups is 2. The van der Waals surface area contributed by atoms with Gasteiger partial charge in [-0.15, -0.1) is 0 Å². The molecule has 1 aromatic carbocycles. The minimum atomic E-state index is -1.22. The Balaban J connectivity index is 2.58. The zero-order valence-corrected chi connectivity index (χ0v) is 12.5. The highest BCUT2D eigenvalue weighted by Gasteiger charge is 2.15. The van der Waals surface area contributed by atoms with Gasteiger partial charge in [0.1, 0.15) is 5.82 Å². The monoisotopic (exact) mass is 299 g/mol. The van der Waals surface area contributed by atoms with Crippen LogP contribution >= 0.6 is 11.8 Å². The minimum absolute atomic E-state index is 0.110. The standard InChI is InChI=1S/C14H18FNO3S/c1-14(2,3)20-7-6-16-12(17)10-5-4-9(13(18)19)8-11(10)15/h4-5,8H,6-7H2,1-3H3,(H,16,17)(H,18,19). The van der Waals surface area contributed by atoms with Gasteiger partial charge in [-0.3, -0.25) is 4.79 Å². The van der Waals surface area contributed by atoms with Gasteiger partial charge >= 0.3 is 5.97 Å². The Kier molecular flexibility index (Phi) is 5.56. The number of benzene rings is 1. The average molecular weight is 299 g/mol. The van der Waals surface area contributed by atoms with E-state index >= 15 is 0 Å². The van der Waals surface area contributed by atoms with Crippen LogP contribution in [0.15, 0.2) is 18.2 Å². The Morgan fingerprint density at radius 3 is 2.50 bits per heavy atom. The molecule has 0 aliphatic carbocycles. The van der Waals surface area contributed by atoms with Gasteiger partial charge in [-0.25, -0.2) is 9.18 Å². The van der Waals surface area contributed by atoms with Crippen molar-refractivity contribution in [3.05, 3.63) is 35.1 Å². The molecule has 0 spiro atoms. The van der Waals surface area contributed by atoms with Gasteiger partial charge in [0.15, 0.2) is 0 Å². The van der Waals surface area contributed by atoms with Crippen LogP contribution in [0.1, 0.15) is 41.5 Å². The predicted molar refractivity (Wildman–Crippen MR) is 77.9 cm³/mol. The Hall–Kier alpha value is -1.56. The molecule has 0 atom stereocenters. The summed E-state index contributed by atoms with van der Waals surface area (Å²) in [5.41, 5.74) is -0.321. The molecule has 1 rings (SSSR count). The molecule has 2 N–H and O–H groups in total. The molecule has 4 nitrogen and oxygen atoms in total. The van der Waals surface area contributed by atoms with Gasteiger partial charge in [0, 0.05) is 17.0 Å². The number of amides is 1. The van der Waals surface area contributed by atoms with Crippen LogP contribution in [-0.4, -0.2) is 34.0 Å². The number of hydrogen-bond acceptors (Lipinski definition) is 3. The molecule has 0 heterocycles. The highest BCUT2D eigenvalue weighted by Crippen LogP contribution is 2.22. The van der Waals surface area contributed by atoms with Gasteiger partial charge in [-0.05, 0) is 18.2 Å². The van der Waals surface area contributed by atoms with Crippen molar-refractivity contribution in [3.63, 3.8) is 0 Å². The third kappa shape index (κ3) is 5.21. The fraction of sp³-hybridized carbons (Fsp3) is 0.429. The Labute approximate surface area is 121 Å². The summed E-state index contributed by atoms with van der Waals surface area (Å²) in [6.45, 7) is 6.65. The van der Waals surface area contributed by atoms with E-state index in [-0.39, 0.29) is 15.9 Å². The van der Waals surface area contributed by atoms with Gasteiger partial charge < -0.3 is 10.4 Å². The fourth-order valence-corrected chi connectivity index (χ4v) is 2.27. The summed E-state index contributed by atoms with van der Waals surface area (Å²) in [4.78, 5) is 22.4. The van der Waals surface area contributed by atoms with Gasteiger partial charge in [0.25, 0.3) is 5.91 Å². The van der Waals surface area contributed by atoms with Gasteiger partial charge in [0.05, 0.1) is 11.1 Å². The fourth-order valence-electron chi connectivity index (χ4n) is 1.45.